The summed E-state index contributed by atoms with van der Waals surface area (Å²) >= 11 is 0. The van der Waals surface area contributed by atoms with Crippen LogP contribution in [-0.4, -0.2) is 29.0 Å². The molecule has 6 nitrogen and oxygen atoms in total. The Labute approximate surface area is 180 Å². The van der Waals surface area contributed by atoms with Crippen molar-refractivity contribution in [3.8, 4) is 11.4 Å². The summed E-state index contributed by atoms with van der Waals surface area (Å²) in [6.07, 6.45) is -4.27. The summed E-state index contributed by atoms with van der Waals surface area (Å²) in [5, 5.41) is 3.92. The summed E-state index contributed by atoms with van der Waals surface area (Å²) in [7, 11) is 0. The first-order valence-corrected chi connectivity index (χ1v) is 9.49. The maximum Gasteiger partial charge on any atom is 0.416 e. The third-order valence-corrected chi connectivity index (χ3v) is 4.32. The lowest BCUT2D eigenvalue weighted by atomic mass is 10.2. The molecule has 0 N–H and O–H groups in total. The lowest BCUT2D eigenvalue weighted by Gasteiger charge is -2.13. The molecule has 0 bridgehead atoms. The van der Waals surface area contributed by atoms with Crippen molar-refractivity contribution in [2.45, 2.75) is 19.5 Å². The van der Waals surface area contributed by atoms with Crippen LogP contribution in [0.2, 0.25) is 0 Å². The van der Waals surface area contributed by atoms with Crippen LogP contribution >= 0.6 is 0 Å². The third-order valence-electron chi connectivity index (χ3n) is 4.32. The summed E-state index contributed by atoms with van der Waals surface area (Å²) in [5.74, 6) is -0.952. The molecule has 32 heavy (non-hydrogen) atoms. The van der Waals surface area contributed by atoms with E-state index >= 15 is 0 Å². The molecule has 168 valence electrons. The van der Waals surface area contributed by atoms with Crippen LogP contribution in [0.3, 0.4) is 0 Å². The number of alkyl halides is 3. The first-order valence-electron chi connectivity index (χ1n) is 9.49. The number of halogens is 4. The number of rotatable bonds is 7. The number of ether oxygens (including phenoxy) is 2. The van der Waals surface area contributed by atoms with Gasteiger partial charge >= 0.3 is 12.1 Å². The molecule has 0 aliphatic heterocycles. The molecule has 0 amide bonds. The van der Waals surface area contributed by atoms with Gasteiger partial charge in [0.2, 0.25) is 11.1 Å². The summed E-state index contributed by atoms with van der Waals surface area (Å²) in [5.41, 5.74) is -1.86. The van der Waals surface area contributed by atoms with Gasteiger partial charge in [-0.2, -0.15) is 18.3 Å². The summed E-state index contributed by atoms with van der Waals surface area (Å²) in [4.78, 5) is 24.5. The SMILES string of the molecule is Cc1cc(=O)c(C(=O)OCCCOc2ccc(F)cc2)nn1-c1cccc(C(F)(F)F)c1. The van der Waals surface area contributed by atoms with Crippen molar-refractivity contribution in [2.75, 3.05) is 13.2 Å². The molecule has 0 fully saturated rings. The van der Waals surface area contributed by atoms with E-state index < -0.39 is 34.6 Å². The molecule has 0 saturated carbocycles. The molecule has 0 saturated heterocycles. The first-order chi connectivity index (χ1) is 15.1. The zero-order valence-corrected chi connectivity index (χ0v) is 16.9. The number of nitrogens with zero attached hydrogens (tertiary/aromatic N) is 2. The lowest BCUT2D eigenvalue weighted by molar-refractivity contribution is -0.137. The topological polar surface area (TPSA) is 70.4 Å². The van der Waals surface area contributed by atoms with Gasteiger partial charge in [-0.15, -0.1) is 0 Å². The monoisotopic (exact) mass is 450 g/mol. The van der Waals surface area contributed by atoms with Gasteiger partial charge < -0.3 is 9.47 Å². The van der Waals surface area contributed by atoms with E-state index in [2.05, 4.69) is 5.10 Å². The van der Waals surface area contributed by atoms with Crippen molar-refractivity contribution in [3.63, 3.8) is 0 Å². The molecular formula is C22H18F4N2O4. The molecule has 0 unspecified atom stereocenters. The van der Waals surface area contributed by atoms with Crippen LogP contribution in [0.25, 0.3) is 5.69 Å². The van der Waals surface area contributed by atoms with Crippen LogP contribution in [0.5, 0.6) is 5.75 Å². The van der Waals surface area contributed by atoms with Crippen LogP contribution in [0, 0.1) is 12.7 Å². The molecule has 0 radical (unpaired) electrons. The van der Waals surface area contributed by atoms with Crippen molar-refractivity contribution >= 4 is 5.97 Å². The van der Waals surface area contributed by atoms with Crippen LogP contribution in [0.4, 0.5) is 17.6 Å². The second kappa shape index (κ2) is 9.63. The standard InChI is InChI=1S/C22H18F4N2O4/c1-14-12-19(29)20(27-28(14)17-5-2-4-15(13-17)22(24,25)26)21(30)32-11-3-10-31-18-8-6-16(23)7-9-18/h2,4-9,12-13H,3,10-11H2,1H3. The van der Waals surface area contributed by atoms with E-state index in [1.165, 1.54) is 43.3 Å². The highest BCUT2D eigenvalue weighted by atomic mass is 19.4. The highest BCUT2D eigenvalue weighted by molar-refractivity contribution is 5.86. The number of hydrogen-bond donors (Lipinski definition) is 0. The molecule has 10 heteroatoms. The Balaban J connectivity index is 1.67. The summed E-state index contributed by atoms with van der Waals surface area (Å²) in [6.45, 7) is 1.57. The van der Waals surface area contributed by atoms with E-state index in [1.54, 1.807) is 0 Å². The Morgan fingerprint density at radius 2 is 1.78 bits per heavy atom. The van der Waals surface area contributed by atoms with Gasteiger partial charge in [0.05, 0.1) is 24.5 Å². The fourth-order valence-electron chi connectivity index (χ4n) is 2.78. The highest BCUT2D eigenvalue weighted by Gasteiger charge is 2.30. The Kier molecular flexibility index (Phi) is 6.92. The van der Waals surface area contributed by atoms with Crippen LogP contribution < -0.4 is 10.2 Å². The van der Waals surface area contributed by atoms with Crippen molar-refractivity contribution in [1.29, 1.82) is 0 Å². The number of carbonyl (C=O) groups excluding carboxylic acids is 1. The molecule has 3 aromatic rings. The molecule has 3 rings (SSSR count). The lowest BCUT2D eigenvalue weighted by Crippen LogP contribution is -2.25. The normalized spacial score (nSPS) is 11.3. The van der Waals surface area contributed by atoms with Crippen LogP contribution in [0.1, 0.15) is 28.2 Å². The molecule has 2 aromatic carbocycles. The third kappa shape index (κ3) is 5.71. The Morgan fingerprint density at radius 1 is 1.06 bits per heavy atom. The van der Waals surface area contributed by atoms with E-state index in [9.17, 15) is 27.2 Å². The average molecular weight is 450 g/mol. The van der Waals surface area contributed by atoms with Gasteiger partial charge in [-0.1, -0.05) is 6.07 Å². The van der Waals surface area contributed by atoms with Gasteiger partial charge in [-0.3, -0.25) is 4.79 Å². The summed E-state index contributed by atoms with van der Waals surface area (Å²) < 4.78 is 63.3. The maximum absolute atomic E-state index is 13.0. The van der Waals surface area contributed by atoms with Crippen molar-refractivity contribution in [1.82, 2.24) is 9.78 Å². The highest BCUT2D eigenvalue weighted by Crippen LogP contribution is 2.30. The van der Waals surface area contributed by atoms with Crippen molar-refractivity contribution in [3.05, 3.63) is 87.6 Å². The van der Waals surface area contributed by atoms with Gasteiger partial charge in [-0.25, -0.2) is 13.9 Å². The quantitative estimate of drug-likeness (QED) is 0.305. The van der Waals surface area contributed by atoms with Crippen LogP contribution in [0.15, 0.2) is 59.4 Å². The van der Waals surface area contributed by atoms with E-state index in [1.807, 2.05) is 0 Å². The minimum atomic E-state index is -4.55. The minimum Gasteiger partial charge on any atom is -0.493 e. The predicted octanol–water partition coefficient (Wildman–Crippen LogP) is 4.32. The van der Waals surface area contributed by atoms with Crippen LogP contribution in [-0.2, 0) is 10.9 Å². The van der Waals surface area contributed by atoms with Crippen molar-refractivity contribution in [2.24, 2.45) is 0 Å². The second-order valence-corrected chi connectivity index (χ2v) is 6.75. The van der Waals surface area contributed by atoms with E-state index in [-0.39, 0.29) is 31.0 Å². The summed E-state index contributed by atoms with van der Waals surface area (Å²) in [6, 6.07) is 10.8. The maximum atomic E-state index is 13.0. The fraction of sp³-hybridized carbons (Fsp3) is 0.227. The molecular weight excluding hydrogens is 432 g/mol. The number of carbonyl (C=O) groups is 1. The average Bonchev–Trinajstić information content (AvgIpc) is 2.74. The zero-order valence-electron chi connectivity index (χ0n) is 16.9. The molecule has 0 aliphatic rings. The molecule has 0 atom stereocenters. The van der Waals surface area contributed by atoms with Gasteiger partial charge in [-0.05, 0) is 49.4 Å². The zero-order chi connectivity index (χ0) is 23.3. The number of aryl methyl sites for hydroxylation is 1. The molecule has 1 heterocycles. The number of esters is 1. The Morgan fingerprint density at radius 3 is 2.47 bits per heavy atom. The second-order valence-electron chi connectivity index (χ2n) is 6.75. The van der Waals surface area contributed by atoms with E-state index in [0.717, 1.165) is 22.9 Å². The smallest absolute Gasteiger partial charge is 0.416 e. The Hall–Kier alpha value is -3.69. The fourth-order valence-corrected chi connectivity index (χ4v) is 2.78. The number of benzene rings is 2. The Bertz CT molecular complexity index is 1160. The number of hydrogen-bond acceptors (Lipinski definition) is 5. The molecule has 0 aliphatic carbocycles. The molecule has 1 aromatic heterocycles. The van der Waals surface area contributed by atoms with Gasteiger partial charge in [0.1, 0.15) is 11.6 Å². The predicted molar refractivity (Wildman–Crippen MR) is 106 cm³/mol. The first kappa shape index (κ1) is 23.0. The van der Waals surface area contributed by atoms with E-state index in [4.69, 9.17) is 9.47 Å². The number of aromatic nitrogens is 2. The molecule has 0 spiro atoms. The van der Waals surface area contributed by atoms with E-state index in [0.29, 0.717) is 5.75 Å². The minimum absolute atomic E-state index is 0.0408. The van der Waals surface area contributed by atoms with Gasteiger partial charge in [0.15, 0.2) is 0 Å². The van der Waals surface area contributed by atoms with Crippen molar-refractivity contribution < 1.29 is 31.8 Å². The largest absolute Gasteiger partial charge is 0.493 e. The van der Waals surface area contributed by atoms with Gasteiger partial charge in [0.25, 0.3) is 0 Å². The van der Waals surface area contributed by atoms with Gasteiger partial charge in [0, 0.05) is 18.2 Å².